The SMILES string of the molecule is CC(CN)(CF)CC1CCCC1. The van der Waals surface area contributed by atoms with Crippen LogP contribution in [0.4, 0.5) is 4.39 Å². The molecule has 12 heavy (non-hydrogen) atoms. The lowest BCUT2D eigenvalue weighted by Crippen LogP contribution is -2.31. The van der Waals surface area contributed by atoms with E-state index in [0.29, 0.717) is 6.54 Å². The van der Waals surface area contributed by atoms with Crippen LogP contribution in [0.15, 0.2) is 0 Å². The number of rotatable bonds is 4. The Morgan fingerprint density at radius 2 is 2.00 bits per heavy atom. The van der Waals surface area contributed by atoms with Gasteiger partial charge in [0.15, 0.2) is 0 Å². The predicted octanol–water partition coefficient (Wildman–Crippen LogP) is 2.50. The topological polar surface area (TPSA) is 26.0 Å². The Balaban J connectivity index is 2.35. The van der Waals surface area contributed by atoms with E-state index in [1.807, 2.05) is 6.92 Å². The minimum absolute atomic E-state index is 0.241. The molecule has 1 aliphatic rings. The molecule has 0 aromatic heterocycles. The maximum atomic E-state index is 12.6. The summed E-state index contributed by atoms with van der Waals surface area (Å²) in [5.41, 5.74) is 5.31. The fraction of sp³-hybridized carbons (Fsp3) is 1.00. The lowest BCUT2D eigenvalue weighted by atomic mass is 9.81. The minimum Gasteiger partial charge on any atom is -0.330 e. The van der Waals surface area contributed by atoms with Gasteiger partial charge in [0.1, 0.15) is 0 Å². The first-order valence-corrected chi connectivity index (χ1v) is 4.96. The van der Waals surface area contributed by atoms with Crippen LogP contribution in [-0.2, 0) is 0 Å². The summed E-state index contributed by atoms with van der Waals surface area (Å²) >= 11 is 0. The quantitative estimate of drug-likeness (QED) is 0.694. The molecule has 1 saturated carbocycles. The van der Waals surface area contributed by atoms with Crippen molar-refractivity contribution in [1.82, 2.24) is 0 Å². The first kappa shape index (κ1) is 9.97. The maximum Gasteiger partial charge on any atom is 0.0960 e. The number of hydrogen-bond donors (Lipinski definition) is 1. The summed E-state index contributed by atoms with van der Waals surface area (Å²) in [5, 5.41) is 0. The van der Waals surface area contributed by atoms with Crippen molar-refractivity contribution >= 4 is 0 Å². The van der Waals surface area contributed by atoms with Crippen LogP contribution in [0.5, 0.6) is 0 Å². The highest BCUT2D eigenvalue weighted by atomic mass is 19.1. The molecule has 0 saturated heterocycles. The van der Waals surface area contributed by atoms with Gasteiger partial charge in [0.05, 0.1) is 6.67 Å². The van der Waals surface area contributed by atoms with Gasteiger partial charge in [0.25, 0.3) is 0 Å². The van der Waals surface area contributed by atoms with E-state index < -0.39 is 0 Å². The van der Waals surface area contributed by atoms with Gasteiger partial charge in [-0.25, -0.2) is 0 Å². The van der Waals surface area contributed by atoms with Crippen LogP contribution in [-0.4, -0.2) is 13.2 Å². The third-order valence-corrected chi connectivity index (χ3v) is 3.07. The van der Waals surface area contributed by atoms with Crippen molar-refractivity contribution in [3.8, 4) is 0 Å². The predicted molar refractivity (Wildman–Crippen MR) is 49.7 cm³/mol. The summed E-state index contributed by atoms with van der Waals surface area (Å²) in [6, 6.07) is 0. The second kappa shape index (κ2) is 4.22. The summed E-state index contributed by atoms with van der Waals surface area (Å²) in [4.78, 5) is 0. The zero-order valence-corrected chi connectivity index (χ0v) is 7.98. The number of nitrogens with two attached hydrogens (primary N) is 1. The molecule has 0 aliphatic heterocycles. The second-order valence-corrected chi connectivity index (χ2v) is 4.50. The van der Waals surface area contributed by atoms with E-state index in [9.17, 15) is 4.39 Å². The van der Waals surface area contributed by atoms with Crippen LogP contribution in [0, 0.1) is 11.3 Å². The highest BCUT2D eigenvalue weighted by molar-refractivity contribution is 4.80. The van der Waals surface area contributed by atoms with Gasteiger partial charge in [-0.15, -0.1) is 0 Å². The highest BCUT2D eigenvalue weighted by Crippen LogP contribution is 2.35. The Bertz CT molecular complexity index is 126. The lowest BCUT2D eigenvalue weighted by molar-refractivity contribution is 0.188. The number of hydrogen-bond acceptors (Lipinski definition) is 1. The molecule has 1 unspecified atom stereocenters. The van der Waals surface area contributed by atoms with Crippen LogP contribution in [0.2, 0.25) is 0 Å². The van der Waals surface area contributed by atoms with Crippen molar-refractivity contribution in [3.63, 3.8) is 0 Å². The average Bonchev–Trinajstić information content (AvgIpc) is 2.57. The number of halogens is 1. The van der Waals surface area contributed by atoms with E-state index in [4.69, 9.17) is 5.73 Å². The van der Waals surface area contributed by atoms with Crippen molar-refractivity contribution in [3.05, 3.63) is 0 Å². The summed E-state index contributed by atoms with van der Waals surface area (Å²) < 4.78 is 12.6. The highest BCUT2D eigenvalue weighted by Gasteiger charge is 2.28. The molecule has 1 nitrogen and oxygen atoms in total. The molecule has 1 aliphatic carbocycles. The zero-order valence-electron chi connectivity index (χ0n) is 7.98. The fourth-order valence-corrected chi connectivity index (χ4v) is 2.10. The van der Waals surface area contributed by atoms with Crippen molar-refractivity contribution in [2.24, 2.45) is 17.1 Å². The van der Waals surface area contributed by atoms with Crippen molar-refractivity contribution in [2.75, 3.05) is 13.2 Å². The smallest absolute Gasteiger partial charge is 0.0960 e. The second-order valence-electron chi connectivity index (χ2n) is 4.50. The first-order chi connectivity index (χ1) is 5.70. The molecule has 0 spiro atoms. The van der Waals surface area contributed by atoms with Gasteiger partial charge in [0, 0.05) is 12.0 Å². The zero-order chi connectivity index (χ0) is 9.03. The van der Waals surface area contributed by atoms with Crippen LogP contribution < -0.4 is 5.73 Å². The van der Waals surface area contributed by atoms with Crippen LogP contribution in [0.3, 0.4) is 0 Å². The fourth-order valence-electron chi connectivity index (χ4n) is 2.10. The first-order valence-electron chi connectivity index (χ1n) is 4.96. The average molecular weight is 173 g/mol. The molecular weight excluding hydrogens is 153 g/mol. The molecule has 0 aromatic rings. The Kier molecular flexibility index (Phi) is 3.51. The van der Waals surface area contributed by atoms with Crippen LogP contribution in [0.1, 0.15) is 39.0 Å². The van der Waals surface area contributed by atoms with E-state index in [1.54, 1.807) is 0 Å². The molecule has 0 radical (unpaired) electrons. The Labute approximate surface area is 74.5 Å². The van der Waals surface area contributed by atoms with Gasteiger partial charge in [-0.05, 0) is 12.3 Å². The normalized spacial score (nSPS) is 24.2. The Morgan fingerprint density at radius 1 is 1.42 bits per heavy atom. The van der Waals surface area contributed by atoms with Crippen molar-refractivity contribution in [2.45, 2.75) is 39.0 Å². The standard InChI is InChI=1S/C10H20FN/c1-10(7-11,8-12)6-9-4-2-3-5-9/h9H,2-8,12H2,1H3. The molecule has 0 heterocycles. The van der Waals surface area contributed by atoms with Gasteiger partial charge in [0.2, 0.25) is 0 Å². The molecule has 72 valence electrons. The van der Waals surface area contributed by atoms with E-state index in [2.05, 4.69) is 0 Å². The Hall–Kier alpha value is -0.110. The van der Waals surface area contributed by atoms with Crippen molar-refractivity contribution < 1.29 is 4.39 Å². The van der Waals surface area contributed by atoms with E-state index in [0.717, 1.165) is 12.3 Å². The summed E-state index contributed by atoms with van der Waals surface area (Å²) in [5.74, 6) is 0.745. The molecule has 0 amide bonds. The van der Waals surface area contributed by atoms with Gasteiger partial charge in [-0.1, -0.05) is 32.6 Å². The summed E-state index contributed by atoms with van der Waals surface area (Å²) in [6.07, 6.45) is 6.22. The third kappa shape index (κ3) is 2.44. The summed E-state index contributed by atoms with van der Waals surface area (Å²) in [7, 11) is 0. The van der Waals surface area contributed by atoms with Crippen molar-refractivity contribution in [1.29, 1.82) is 0 Å². The molecule has 1 fully saturated rings. The number of alkyl halides is 1. The Morgan fingerprint density at radius 3 is 2.42 bits per heavy atom. The molecular formula is C10H20FN. The third-order valence-electron chi connectivity index (χ3n) is 3.07. The van der Waals surface area contributed by atoms with E-state index >= 15 is 0 Å². The molecule has 1 atom stereocenters. The largest absolute Gasteiger partial charge is 0.330 e. The molecule has 0 bridgehead atoms. The maximum absolute atomic E-state index is 12.6. The molecule has 1 rings (SSSR count). The minimum atomic E-state index is -0.264. The monoisotopic (exact) mass is 173 g/mol. The summed E-state index contributed by atoms with van der Waals surface area (Å²) in [6.45, 7) is 2.19. The van der Waals surface area contributed by atoms with E-state index in [1.165, 1.54) is 25.7 Å². The molecule has 0 aromatic carbocycles. The van der Waals surface area contributed by atoms with Gasteiger partial charge < -0.3 is 5.73 Å². The van der Waals surface area contributed by atoms with Crippen LogP contribution >= 0.6 is 0 Å². The van der Waals surface area contributed by atoms with Gasteiger partial charge >= 0.3 is 0 Å². The van der Waals surface area contributed by atoms with E-state index in [-0.39, 0.29) is 12.1 Å². The van der Waals surface area contributed by atoms with Crippen LogP contribution in [0.25, 0.3) is 0 Å². The van der Waals surface area contributed by atoms with Gasteiger partial charge in [-0.3, -0.25) is 4.39 Å². The lowest BCUT2D eigenvalue weighted by Gasteiger charge is -2.27. The van der Waals surface area contributed by atoms with Gasteiger partial charge in [-0.2, -0.15) is 0 Å². The molecule has 2 N–H and O–H groups in total. The molecule has 2 heteroatoms.